The highest BCUT2D eigenvalue weighted by molar-refractivity contribution is 7.14. The van der Waals surface area contributed by atoms with E-state index in [-0.39, 0.29) is 0 Å². The van der Waals surface area contributed by atoms with E-state index < -0.39 is 11.9 Å². The minimum atomic E-state index is -0.460. The van der Waals surface area contributed by atoms with Crippen molar-refractivity contribution in [2.24, 2.45) is 0 Å². The molecule has 0 N–H and O–H groups in total. The van der Waals surface area contributed by atoms with E-state index >= 15 is 0 Å². The van der Waals surface area contributed by atoms with Gasteiger partial charge in [-0.25, -0.2) is 9.59 Å². The normalized spacial score (nSPS) is 10.2. The van der Waals surface area contributed by atoms with Crippen LogP contribution >= 0.6 is 11.3 Å². The van der Waals surface area contributed by atoms with Crippen molar-refractivity contribution in [3.8, 4) is 11.5 Å². The summed E-state index contributed by atoms with van der Waals surface area (Å²) in [6.45, 7) is 10.4. The van der Waals surface area contributed by atoms with Crippen molar-refractivity contribution in [3.63, 3.8) is 0 Å². The molecule has 0 saturated heterocycles. The van der Waals surface area contributed by atoms with Crippen molar-refractivity contribution in [2.45, 2.75) is 13.8 Å². The second kappa shape index (κ2) is 9.24. The predicted molar refractivity (Wildman–Crippen MR) is 120 cm³/mol. The fraction of sp³-hybridized carbons (Fsp3) is 0.0833. The quantitative estimate of drug-likeness (QED) is 0.260. The molecule has 0 aliphatic rings. The Hall–Kier alpha value is -3.64. The average molecular weight is 420 g/mol. The summed E-state index contributed by atoms with van der Waals surface area (Å²) in [7, 11) is 0. The number of anilines is 3. The van der Waals surface area contributed by atoms with Gasteiger partial charge in [-0.3, -0.25) is 0 Å². The summed E-state index contributed by atoms with van der Waals surface area (Å²) >= 11 is 1.59. The van der Waals surface area contributed by atoms with Gasteiger partial charge in [0.2, 0.25) is 0 Å². The van der Waals surface area contributed by atoms with Crippen molar-refractivity contribution in [2.75, 3.05) is 4.90 Å². The number of thiophene rings is 1. The predicted octanol–water partition coefficient (Wildman–Crippen LogP) is 6.18. The fourth-order valence-corrected chi connectivity index (χ4v) is 3.29. The summed E-state index contributed by atoms with van der Waals surface area (Å²) in [5.41, 5.74) is 2.46. The van der Waals surface area contributed by atoms with E-state index in [2.05, 4.69) is 18.1 Å². The lowest BCUT2D eigenvalue weighted by Crippen LogP contribution is -2.10. The van der Waals surface area contributed by atoms with E-state index in [0.29, 0.717) is 22.6 Å². The van der Waals surface area contributed by atoms with Gasteiger partial charge in [0.05, 0.1) is 5.00 Å². The van der Waals surface area contributed by atoms with E-state index in [9.17, 15) is 9.59 Å². The molecule has 0 fully saturated rings. The molecule has 0 spiro atoms. The van der Waals surface area contributed by atoms with Crippen LogP contribution in [0.4, 0.5) is 16.4 Å². The molecular formula is C24H21NO4S. The van der Waals surface area contributed by atoms with Crippen LogP contribution in [0.5, 0.6) is 11.5 Å². The first-order valence-electron chi connectivity index (χ1n) is 9.14. The van der Waals surface area contributed by atoms with Crippen molar-refractivity contribution in [1.82, 2.24) is 0 Å². The van der Waals surface area contributed by atoms with Crippen molar-refractivity contribution < 1.29 is 19.1 Å². The van der Waals surface area contributed by atoms with Crippen LogP contribution < -0.4 is 14.4 Å². The Morgan fingerprint density at radius 2 is 1.20 bits per heavy atom. The summed E-state index contributed by atoms with van der Waals surface area (Å²) in [5, 5.41) is 3.00. The molecule has 0 atom stereocenters. The number of esters is 2. The molecule has 3 rings (SSSR count). The van der Waals surface area contributed by atoms with Gasteiger partial charge in [0, 0.05) is 22.5 Å². The minimum absolute atomic E-state index is 0.340. The molecule has 0 saturated carbocycles. The average Bonchev–Trinajstić information content (AvgIpc) is 3.25. The lowest BCUT2D eigenvalue weighted by Gasteiger charge is -2.24. The molecule has 6 heteroatoms. The second-order valence-corrected chi connectivity index (χ2v) is 7.54. The van der Waals surface area contributed by atoms with Crippen LogP contribution in [-0.4, -0.2) is 11.9 Å². The summed E-state index contributed by atoms with van der Waals surface area (Å²) < 4.78 is 10.5. The zero-order valence-electron chi connectivity index (χ0n) is 16.8. The van der Waals surface area contributed by atoms with Crippen LogP contribution in [-0.2, 0) is 9.59 Å². The lowest BCUT2D eigenvalue weighted by atomic mass is 10.2. The van der Waals surface area contributed by atoms with Crippen LogP contribution in [0.15, 0.2) is 90.3 Å². The summed E-state index contributed by atoms with van der Waals surface area (Å²) in [4.78, 5) is 25.5. The second-order valence-electron chi connectivity index (χ2n) is 6.61. The van der Waals surface area contributed by atoms with Crippen molar-refractivity contribution >= 4 is 39.7 Å². The number of nitrogens with zero attached hydrogens (tertiary/aromatic N) is 1. The lowest BCUT2D eigenvalue weighted by molar-refractivity contribution is -0.130. The number of benzene rings is 2. The van der Waals surface area contributed by atoms with Crippen LogP contribution in [0.2, 0.25) is 0 Å². The van der Waals surface area contributed by atoms with Crippen LogP contribution in [0.3, 0.4) is 0 Å². The Kier molecular flexibility index (Phi) is 6.49. The van der Waals surface area contributed by atoms with Crippen molar-refractivity contribution in [1.29, 1.82) is 0 Å². The Morgan fingerprint density at radius 3 is 1.53 bits per heavy atom. The van der Waals surface area contributed by atoms with Crippen LogP contribution in [0, 0.1) is 0 Å². The smallest absolute Gasteiger partial charge is 0.338 e. The summed E-state index contributed by atoms with van der Waals surface area (Å²) in [5.74, 6) is -0.0320. The number of hydrogen-bond acceptors (Lipinski definition) is 6. The highest BCUT2D eigenvalue weighted by atomic mass is 32.1. The van der Waals surface area contributed by atoms with Gasteiger partial charge in [0.1, 0.15) is 11.5 Å². The van der Waals surface area contributed by atoms with Crippen molar-refractivity contribution in [3.05, 3.63) is 90.3 Å². The highest BCUT2D eigenvalue weighted by Crippen LogP contribution is 2.38. The topological polar surface area (TPSA) is 55.8 Å². The molecular weight excluding hydrogens is 398 g/mol. The third-order valence-corrected chi connectivity index (χ3v) is 4.89. The van der Waals surface area contributed by atoms with Gasteiger partial charge in [-0.2, -0.15) is 0 Å². The molecule has 0 bridgehead atoms. The number of carbonyl (C=O) groups excluding carboxylic acids is 2. The molecule has 30 heavy (non-hydrogen) atoms. The standard InChI is InChI=1S/C24H21NO4S/c1-16(2)23(26)28-20-11-7-18(8-12-20)25(22-6-5-15-30-22)19-9-13-21(14-10-19)29-24(27)17(3)4/h5-15H,1,3H2,2,4H3. The van der Waals surface area contributed by atoms with E-state index in [1.54, 1.807) is 49.4 Å². The molecule has 1 aromatic heterocycles. The molecule has 2 aromatic carbocycles. The largest absolute Gasteiger partial charge is 0.423 e. The fourth-order valence-electron chi connectivity index (χ4n) is 2.52. The Bertz CT molecular complexity index is 996. The number of hydrogen-bond donors (Lipinski definition) is 0. The minimum Gasteiger partial charge on any atom is -0.423 e. The first-order valence-corrected chi connectivity index (χ1v) is 10.0. The van der Waals surface area contributed by atoms with Gasteiger partial charge in [-0.1, -0.05) is 13.2 Å². The molecule has 0 aliphatic heterocycles. The third-order valence-electron chi connectivity index (χ3n) is 4.03. The molecule has 0 radical (unpaired) electrons. The SMILES string of the molecule is C=C(C)C(=O)Oc1ccc(N(c2ccc(OC(=O)C(=C)C)cc2)c2cccs2)cc1. The molecule has 0 unspecified atom stereocenters. The summed E-state index contributed by atoms with van der Waals surface area (Å²) in [6, 6.07) is 18.4. The van der Waals surface area contributed by atoms with Gasteiger partial charge in [-0.15, -0.1) is 11.3 Å². The Morgan fingerprint density at radius 1 is 0.767 bits per heavy atom. The maximum Gasteiger partial charge on any atom is 0.338 e. The van der Waals surface area contributed by atoms with Gasteiger partial charge in [-0.05, 0) is 79.9 Å². The first-order chi connectivity index (χ1) is 14.3. The Labute approximate surface area is 179 Å². The zero-order valence-corrected chi connectivity index (χ0v) is 17.6. The van der Waals surface area contributed by atoms with E-state index in [4.69, 9.17) is 9.47 Å². The maximum absolute atomic E-state index is 11.7. The number of rotatable bonds is 7. The summed E-state index contributed by atoms with van der Waals surface area (Å²) in [6.07, 6.45) is 0. The molecule has 3 aromatic rings. The van der Waals surface area contributed by atoms with E-state index in [1.807, 2.05) is 41.8 Å². The van der Waals surface area contributed by atoms with Gasteiger partial charge in [0.15, 0.2) is 0 Å². The third kappa shape index (κ3) is 5.04. The number of ether oxygens (including phenoxy) is 2. The van der Waals surface area contributed by atoms with Gasteiger partial charge < -0.3 is 14.4 Å². The Balaban J connectivity index is 1.87. The zero-order chi connectivity index (χ0) is 21.7. The molecule has 152 valence electrons. The van der Waals surface area contributed by atoms with Gasteiger partial charge >= 0.3 is 11.9 Å². The van der Waals surface area contributed by atoms with E-state index in [1.165, 1.54) is 0 Å². The first kappa shape index (κ1) is 21.1. The molecule has 5 nitrogen and oxygen atoms in total. The van der Waals surface area contributed by atoms with Gasteiger partial charge in [0.25, 0.3) is 0 Å². The van der Waals surface area contributed by atoms with E-state index in [0.717, 1.165) is 16.4 Å². The maximum atomic E-state index is 11.7. The molecule has 0 aliphatic carbocycles. The monoisotopic (exact) mass is 419 g/mol. The molecule has 1 heterocycles. The van der Waals surface area contributed by atoms with Crippen LogP contribution in [0.25, 0.3) is 0 Å². The number of carbonyl (C=O) groups is 2. The van der Waals surface area contributed by atoms with Crippen LogP contribution in [0.1, 0.15) is 13.8 Å². The molecule has 0 amide bonds. The highest BCUT2D eigenvalue weighted by Gasteiger charge is 2.15.